The van der Waals surface area contributed by atoms with Gasteiger partial charge in [-0.25, -0.2) is 4.39 Å². The van der Waals surface area contributed by atoms with E-state index >= 15 is 0 Å². The summed E-state index contributed by atoms with van der Waals surface area (Å²) < 4.78 is 15.7. The molecule has 5 heteroatoms. The fourth-order valence-electron chi connectivity index (χ4n) is 1.85. The Morgan fingerprint density at radius 2 is 2.00 bits per heavy atom. The molecule has 0 aliphatic carbocycles. The normalized spacial score (nSPS) is 12.5. The van der Waals surface area contributed by atoms with Crippen molar-refractivity contribution in [2.45, 2.75) is 12.5 Å². The van der Waals surface area contributed by atoms with E-state index < -0.39 is 0 Å². The van der Waals surface area contributed by atoms with E-state index in [-0.39, 0.29) is 11.9 Å². The van der Waals surface area contributed by atoms with Gasteiger partial charge < -0.3 is 5.73 Å². The fourth-order valence-corrected chi connectivity index (χ4v) is 3.15. The number of halogens is 4. The van der Waals surface area contributed by atoms with Crippen LogP contribution in [0.15, 0.2) is 40.9 Å². The molecule has 0 spiro atoms. The van der Waals surface area contributed by atoms with Crippen LogP contribution in [-0.2, 0) is 6.42 Å². The highest BCUT2D eigenvalue weighted by molar-refractivity contribution is 14.1. The van der Waals surface area contributed by atoms with Crippen LogP contribution in [0.25, 0.3) is 0 Å². The van der Waals surface area contributed by atoms with Crippen molar-refractivity contribution in [3.8, 4) is 0 Å². The molecule has 0 aliphatic rings. The van der Waals surface area contributed by atoms with E-state index in [9.17, 15) is 4.39 Å². The van der Waals surface area contributed by atoms with Gasteiger partial charge in [-0.1, -0.05) is 27.5 Å². The third-order valence-corrected chi connectivity index (χ3v) is 4.52. The standard InChI is InChI=1S/C14H11BrClFIN/c15-9-1-4-13(18)11(7-9)14(19)6-8-5-10(16)2-3-12(8)17/h1-5,7,14H,6,19H2. The summed E-state index contributed by atoms with van der Waals surface area (Å²) in [6.07, 6.45) is 0.416. The topological polar surface area (TPSA) is 26.0 Å². The van der Waals surface area contributed by atoms with Gasteiger partial charge in [0.1, 0.15) is 5.82 Å². The SMILES string of the molecule is NC(Cc1cc(Cl)ccc1F)c1cc(Br)ccc1I. The maximum atomic E-state index is 13.7. The molecule has 1 nitrogen and oxygen atoms in total. The highest BCUT2D eigenvalue weighted by atomic mass is 127. The Labute approximate surface area is 138 Å². The van der Waals surface area contributed by atoms with E-state index in [2.05, 4.69) is 38.5 Å². The Kier molecular flexibility index (Phi) is 5.22. The molecule has 0 amide bonds. The molecule has 2 N–H and O–H groups in total. The van der Waals surface area contributed by atoms with Crippen molar-refractivity contribution in [2.24, 2.45) is 5.73 Å². The molecule has 0 radical (unpaired) electrons. The van der Waals surface area contributed by atoms with Crippen molar-refractivity contribution in [1.29, 1.82) is 0 Å². The first-order chi connectivity index (χ1) is 8.97. The summed E-state index contributed by atoms with van der Waals surface area (Å²) in [5.41, 5.74) is 7.71. The van der Waals surface area contributed by atoms with Crippen molar-refractivity contribution in [3.63, 3.8) is 0 Å². The van der Waals surface area contributed by atoms with E-state index in [1.807, 2.05) is 18.2 Å². The Morgan fingerprint density at radius 1 is 1.26 bits per heavy atom. The molecule has 0 aliphatic heterocycles. The van der Waals surface area contributed by atoms with Gasteiger partial charge in [0.25, 0.3) is 0 Å². The zero-order valence-corrected chi connectivity index (χ0v) is 14.3. The number of hydrogen-bond donors (Lipinski definition) is 1. The zero-order valence-electron chi connectivity index (χ0n) is 9.84. The predicted molar refractivity (Wildman–Crippen MR) is 88.9 cm³/mol. The van der Waals surface area contributed by atoms with E-state index in [0.717, 1.165) is 13.6 Å². The monoisotopic (exact) mass is 453 g/mol. The second-order valence-corrected chi connectivity index (χ2v) is 6.73. The summed E-state index contributed by atoms with van der Waals surface area (Å²) in [5.74, 6) is -0.273. The lowest BCUT2D eigenvalue weighted by atomic mass is 9.99. The minimum Gasteiger partial charge on any atom is -0.324 e. The maximum Gasteiger partial charge on any atom is 0.126 e. The van der Waals surface area contributed by atoms with Crippen molar-refractivity contribution in [3.05, 3.63) is 66.4 Å². The molecule has 0 bridgehead atoms. The molecule has 19 heavy (non-hydrogen) atoms. The maximum absolute atomic E-state index is 13.7. The first-order valence-corrected chi connectivity index (χ1v) is 7.87. The highest BCUT2D eigenvalue weighted by Crippen LogP contribution is 2.26. The molecule has 0 fully saturated rings. The van der Waals surface area contributed by atoms with Gasteiger partial charge in [-0.3, -0.25) is 0 Å². The molecule has 1 atom stereocenters. The third-order valence-electron chi connectivity index (χ3n) is 2.81. The Hall–Kier alpha value is -0.170. The summed E-state index contributed by atoms with van der Waals surface area (Å²) in [6, 6.07) is 10.2. The molecule has 2 aromatic carbocycles. The van der Waals surface area contributed by atoms with Crippen LogP contribution in [-0.4, -0.2) is 0 Å². The van der Waals surface area contributed by atoms with Crippen LogP contribution in [0.4, 0.5) is 4.39 Å². The Balaban J connectivity index is 2.27. The van der Waals surface area contributed by atoms with Crippen molar-refractivity contribution in [2.75, 3.05) is 0 Å². The lowest BCUT2D eigenvalue weighted by molar-refractivity contribution is 0.593. The van der Waals surface area contributed by atoms with Crippen molar-refractivity contribution in [1.82, 2.24) is 0 Å². The zero-order chi connectivity index (χ0) is 14.0. The van der Waals surface area contributed by atoms with E-state index in [1.165, 1.54) is 12.1 Å². The van der Waals surface area contributed by atoms with E-state index in [1.54, 1.807) is 6.07 Å². The van der Waals surface area contributed by atoms with Gasteiger partial charge in [-0.2, -0.15) is 0 Å². The molecule has 2 aromatic rings. The average molecular weight is 455 g/mol. The van der Waals surface area contributed by atoms with Crippen LogP contribution in [0.5, 0.6) is 0 Å². The van der Waals surface area contributed by atoms with Crippen LogP contribution in [0.3, 0.4) is 0 Å². The van der Waals surface area contributed by atoms with Crippen LogP contribution >= 0.6 is 50.1 Å². The van der Waals surface area contributed by atoms with Gasteiger partial charge in [0.2, 0.25) is 0 Å². The predicted octanol–water partition coefficient (Wildman–Crippen LogP) is 5.09. The number of benzene rings is 2. The Morgan fingerprint density at radius 3 is 2.74 bits per heavy atom. The molecule has 1 unspecified atom stereocenters. The van der Waals surface area contributed by atoms with Crippen LogP contribution in [0, 0.1) is 9.39 Å². The largest absolute Gasteiger partial charge is 0.324 e. The second-order valence-electron chi connectivity index (χ2n) is 4.21. The van der Waals surface area contributed by atoms with Crippen LogP contribution < -0.4 is 5.73 Å². The van der Waals surface area contributed by atoms with Gasteiger partial charge in [0.05, 0.1) is 0 Å². The Bertz CT molecular complexity index is 606. The van der Waals surface area contributed by atoms with Crippen molar-refractivity contribution < 1.29 is 4.39 Å². The minimum atomic E-state index is -0.273. The molecule has 100 valence electrons. The number of nitrogens with two attached hydrogens (primary N) is 1. The summed E-state index contributed by atoms with van der Waals surface area (Å²) >= 11 is 11.5. The van der Waals surface area contributed by atoms with Crippen molar-refractivity contribution >= 4 is 50.1 Å². The fraction of sp³-hybridized carbons (Fsp3) is 0.143. The summed E-state index contributed by atoms with van der Waals surface area (Å²) in [5, 5.41) is 0.521. The molecular weight excluding hydrogens is 443 g/mol. The van der Waals surface area contributed by atoms with Gasteiger partial charge in [-0.15, -0.1) is 0 Å². The summed E-state index contributed by atoms with van der Waals surface area (Å²) in [6.45, 7) is 0. The second kappa shape index (κ2) is 6.52. The first kappa shape index (κ1) is 15.2. The molecule has 2 rings (SSSR count). The summed E-state index contributed by atoms with van der Waals surface area (Å²) in [7, 11) is 0. The van der Waals surface area contributed by atoms with E-state index in [0.29, 0.717) is 17.0 Å². The molecule has 0 aromatic heterocycles. The van der Waals surface area contributed by atoms with Gasteiger partial charge in [0.15, 0.2) is 0 Å². The third kappa shape index (κ3) is 3.90. The van der Waals surface area contributed by atoms with Gasteiger partial charge in [0, 0.05) is 19.1 Å². The molecule has 0 saturated carbocycles. The lowest BCUT2D eigenvalue weighted by Gasteiger charge is -2.15. The van der Waals surface area contributed by atoms with E-state index in [4.69, 9.17) is 17.3 Å². The van der Waals surface area contributed by atoms with Gasteiger partial charge >= 0.3 is 0 Å². The number of hydrogen-bond acceptors (Lipinski definition) is 1. The average Bonchev–Trinajstić information content (AvgIpc) is 2.36. The van der Waals surface area contributed by atoms with Gasteiger partial charge in [-0.05, 0) is 76.5 Å². The molecule has 0 saturated heterocycles. The quantitative estimate of drug-likeness (QED) is 0.643. The van der Waals surface area contributed by atoms with Crippen LogP contribution in [0.2, 0.25) is 5.02 Å². The minimum absolute atomic E-state index is 0.266. The lowest BCUT2D eigenvalue weighted by Crippen LogP contribution is -2.15. The number of rotatable bonds is 3. The molecule has 0 heterocycles. The molecular formula is C14H11BrClFIN. The smallest absolute Gasteiger partial charge is 0.126 e. The summed E-state index contributed by atoms with van der Waals surface area (Å²) in [4.78, 5) is 0. The first-order valence-electron chi connectivity index (χ1n) is 5.62. The van der Waals surface area contributed by atoms with Crippen LogP contribution in [0.1, 0.15) is 17.2 Å². The highest BCUT2D eigenvalue weighted by Gasteiger charge is 2.14.